The summed E-state index contributed by atoms with van der Waals surface area (Å²) in [6, 6.07) is 17.1. The Kier molecular flexibility index (Phi) is 5.21. The Bertz CT molecular complexity index is 633. The van der Waals surface area contributed by atoms with Crippen LogP contribution in [0.1, 0.15) is 17.2 Å². The van der Waals surface area contributed by atoms with Crippen LogP contribution >= 0.6 is 11.6 Å². The Hall–Kier alpha value is -1.55. The summed E-state index contributed by atoms with van der Waals surface area (Å²) < 4.78 is 0. The van der Waals surface area contributed by atoms with Crippen molar-refractivity contribution >= 4 is 17.3 Å². The molecule has 0 amide bonds. The predicted octanol–water partition coefficient (Wildman–Crippen LogP) is 3.47. The van der Waals surface area contributed by atoms with Crippen LogP contribution in [0.4, 0.5) is 5.69 Å². The molecule has 23 heavy (non-hydrogen) atoms. The van der Waals surface area contributed by atoms with Gasteiger partial charge >= 0.3 is 0 Å². The van der Waals surface area contributed by atoms with Crippen LogP contribution in [-0.2, 0) is 0 Å². The SMILES string of the molecule is Cc1ccc([C@H](CN)N2CCN(c3cccc(Cl)c3)CC2)cc1. The van der Waals surface area contributed by atoms with Crippen LogP contribution in [0.5, 0.6) is 0 Å². The van der Waals surface area contributed by atoms with Crippen LogP contribution in [0.15, 0.2) is 48.5 Å². The van der Waals surface area contributed by atoms with Gasteiger partial charge in [-0.2, -0.15) is 0 Å². The van der Waals surface area contributed by atoms with Crippen molar-refractivity contribution in [1.82, 2.24) is 4.90 Å². The van der Waals surface area contributed by atoms with Crippen molar-refractivity contribution in [1.29, 1.82) is 0 Å². The highest BCUT2D eigenvalue weighted by molar-refractivity contribution is 6.30. The van der Waals surface area contributed by atoms with Crippen molar-refractivity contribution < 1.29 is 0 Å². The molecule has 2 aromatic carbocycles. The van der Waals surface area contributed by atoms with E-state index in [1.165, 1.54) is 16.8 Å². The second kappa shape index (κ2) is 7.35. The molecule has 1 fully saturated rings. The summed E-state index contributed by atoms with van der Waals surface area (Å²) in [5, 5.41) is 0.796. The highest BCUT2D eigenvalue weighted by atomic mass is 35.5. The van der Waals surface area contributed by atoms with Crippen molar-refractivity contribution in [3.8, 4) is 0 Å². The number of halogens is 1. The molecule has 3 nitrogen and oxygen atoms in total. The van der Waals surface area contributed by atoms with Gasteiger partial charge in [0.15, 0.2) is 0 Å². The third-order valence-electron chi connectivity index (χ3n) is 4.61. The monoisotopic (exact) mass is 329 g/mol. The standard InChI is InChI=1S/C19H24ClN3/c1-15-5-7-16(8-6-15)19(14-21)23-11-9-22(10-12-23)18-4-2-3-17(20)13-18/h2-8,13,19H,9-12,14,21H2,1H3/t19-/m0/s1. The lowest BCUT2D eigenvalue weighted by Crippen LogP contribution is -2.49. The van der Waals surface area contributed by atoms with Crippen molar-refractivity contribution in [2.24, 2.45) is 5.73 Å². The molecule has 0 aromatic heterocycles. The number of rotatable bonds is 4. The average molecular weight is 330 g/mol. The Morgan fingerprint density at radius 3 is 2.35 bits per heavy atom. The molecule has 4 heteroatoms. The fourth-order valence-corrected chi connectivity index (χ4v) is 3.43. The van der Waals surface area contributed by atoms with E-state index in [-0.39, 0.29) is 0 Å². The number of nitrogens with two attached hydrogens (primary N) is 1. The summed E-state index contributed by atoms with van der Waals surface area (Å²) in [5.41, 5.74) is 9.87. The minimum absolute atomic E-state index is 0.303. The lowest BCUT2D eigenvalue weighted by atomic mass is 10.0. The first-order chi connectivity index (χ1) is 11.2. The molecule has 0 spiro atoms. The topological polar surface area (TPSA) is 32.5 Å². The third kappa shape index (κ3) is 3.86. The van der Waals surface area contributed by atoms with Crippen molar-refractivity contribution in [2.45, 2.75) is 13.0 Å². The van der Waals surface area contributed by atoms with Crippen LogP contribution < -0.4 is 10.6 Å². The molecule has 0 saturated carbocycles. The smallest absolute Gasteiger partial charge is 0.0471 e. The van der Waals surface area contributed by atoms with Gasteiger partial charge in [-0.25, -0.2) is 0 Å². The number of aryl methyl sites for hydroxylation is 1. The fourth-order valence-electron chi connectivity index (χ4n) is 3.25. The second-order valence-corrected chi connectivity index (χ2v) is 6.60. The number of anilines is 1. The Morgan fingerprint density at radius 1 is 1.04 bits per heavy atom. The van der Waals surface area contributed by atoms with Crippen LogP contribution in [0.2, 0.25) is 5.02 Å². The van der Waals surface area contributed by atoms with Gasteiger partial charge in [0.2, 0.25) is 0 Å². The van der Waals surface area contributed by atoms with Gasteiger partial charge in [0, 0.05) is 49.5 Å². The van der Waals surface area contributed by atoms with Crippen molar-refractivity contribution in [3.63, 3.8) is 0 Å². The first-order valence-electron chi connectivity index (χ1n) is 8.18. The van der Waals surface area contributed by atoms with Crippen LogP contribution in [0.3, 0.4) is 0 Å². The minimum Gasteiger partial charge on any atom is -0.369 e. The molecule has 0 radical (unpaired) electrons. The first-order valence-corrected chi connectivity index (χ1v) is 8.56. The van der Waals surface area contributed by atoms with E-state index in [9.17, 15) is 0 Å². The molecule has 1 aliphatic rings. The molecular weight excluding hydrogens is 306 g/mol. The second-order valence-electron chi connectivity index (χ2n) is 6.17. The molecule has 122 valence electrons. The first kappa shape index (κ1) is 16.3. The number of hydrogen-bond donors (Lipinski definition) is 1. The highest BCUT2D eigenvalue weighted by Crippen LogP contribution is 2.25. The third-order valence-corrected chi connectivity index (χ3v) is 4.85. The quantitative estimate of drug-likeness (QED) is 0.932. The molecule has 2 aromatic rings. The summed E-state index contributed by atoms with van der Waals surface area (Å²) in [5.74, 6) is 0. The van der Waals surface area contributed by atoms with Crippen LogP contribution in [0.25, 0.3) is 0 Å². The van der Waals surface area contributed by atoms with E-state index in [0.717, 1.165) is 31.2 Å². The molecule has 0 bridgehead atoms. The summed E-state index contributed by atoms with van der Waals surface area (Å²) in [4.78, 5) is 4.89. The molecule has 0 aliphatic carbocycles. The van der Waals surface area contributed by atoms with Gasteiger partial charge in [-0.3, -0.25) is 4.90 Å². The number of piperazine rings is 1. The average Bonchev–Trinajstić information content (AvgIpc) is 2.58. The van der Waals surface area contributed by atoms with Gasteiger partial charge in [-0.1, -0.05) is 47.5 Å². The van der Waals surface area contributed by atoms with E-state index in [1.54, 1.807) is 0 Å². The maximum absolute atomic E-state index is 6.10. The lowest BCUT2D eigenvalue weighted by molar-refractivity contribution is 0.190. The molecule has 3 rings (SSSR count). The van der Waals surface area contributed by atoms with Gasteiger partial charge in [-0.15, -0.1) is 0 Å². The van der Waals surface area contributed by atoms with E-state index in [0.29, 0.717) is 12.6 Å². The Balaban J connectivity index is 1.66. The fraction of sp³-hybridized carbons (Fsp3) is 0.368. The molecule has 1 saturated heterocycles. The van der Waals surface area contributed by atoms with E-state index in [2.05, 4.69) is 47.1 Å². The molecule has 1 heterocycles. The summed E-state index contributed by atoms with van der Waals surface area (Å²) in [6.45, 7) is 6.81. The largest absolute Gasteiger partial charge is 0.369 e. The maximum atomic E-state index is 6.10. The summed E-state index contributed by atoms with van der Waals surface area (Å²) in [7, 11) is 0. The Labute approximate surface area is 143 Å². The molecule has 1 atom stereocenters. The van der Waals surface area contributed by atoms with Crippen molar-refractivity contribution in [2.75, 3.05) is 37.6 Å². The van der Waals surface area contributed by atoms with Gasteiger partial charge in [0.1, 0.15) is 0 Å². The molecule has 2 N–H and O–H groups in total. The summed E-state index contributed by atoms with van der Waals surface area (Å²) in [6.07, 6.45) is 0. The maximum Gasteiger partial charge on any atom is 0.0471 e. The minimum atomic E-state index is 0.303. The van der Waals surface area contributed by atoms with Gasteiger partial charge in [0.05, 0.1) is 0 Å². The highest BCUT2D eigenvalue weighted by Gasteiger charge is 2.24. The van der Waals surface area contributed by atoms with Gasteiger partial charge in [0.25, 0.3) is 0 Å². The van der Waals surface area contributed by atoms with E-state index < -0.39 is 0 Å². The van der Waals surface area contributed by atoms with Crippen LogP contribution in [0, 0.1) is 6.92 Å². The zero-order valence-electron chi connectivity index (χ0n) is 13.6. The van der Waals surface area contributed by atoms with Crippen LogP contribution in [-0.4, -0.2) is 37.6 Å². The predicted molar refractivity (Wildman–Crippen MR) is 98.2 cm³/mol. The molecule has 0 unspecified atom stereocenters. The Morgan fingerprint density at radius 2 is 1.74 bits per heavy atom. The lowest BCUT2D eigenvalue weighted by Gasteiger charge is -2.40. The number of nitrogens with zero attached hydrogens (tertiary/aromatic N) is 2. The van der Waals surface area contributed by atoms with Gasteiger partial charge < -0.3 is 10.6 Å². The van der Waals surface area contributed by atoms with E-state index >= 15 is 0 Å². The summed E-state index contributed by atoms with van der Waals surface area (Å²) >= 11 is 6.10. The molecule has 1 aliphatic heterocycles. The van der Waals surface area contributed by atoms with Crippen molar-refractivity contribution in [3.05, 3.63) is 64.7 Å². The number of benzene rings is 2. The van der Waals surface area contributed by atoms with Gasteiger partial charge in [-0.05, 0) is 30.7 Å². The molecular formula is C19H24ClN3. The normalized spacial score (nSPS) is 17.3. The zero-order valence-corrected chi connectivity index (χ0v) is 14.3. The zero-order chi connectivity index (χ0) is 16.2. The number of hydrogen-bond acceptors (Lipinski definition) is 3. The van der Waals surface area contributed by atoms with E-state index in [1.807, 2.05) is 18.2 Å². The van der Waals surface area contributed by atoms with E-state index in [4.69, 9.17) is 17.3 Å².